The average Bonchev–Trinajstić information content (AvgIpc) is 2.19. The summed E-state index contributed by atoms with van der Waals surface area (Å²) in [4.78, 5) is 7.88. The van der Waals surface area contributed by atoms with Crippen molar-refractivity contribution in [3.8, 4) is 0 Å². The molecule has 0 aliphatic rings. The summed E-state index contributed by atoms with van der Waals surface area (Å²) in [6.07, 6.45) is 8.28. The van der Waals surface area contributed by atoms with Gasteiger partial charge < -0.3 is 0 Å². The van der Waals surface area contributed by atoms with Gasteiger partial charge in [-0.3, -0.25) is 15.4 Å². The Balaban J connectivity index is 2.45. The number of hydrogen-bond donors (Lipinski definition) is 1. The molecule has 0 aliphatic heterocycles. The van der Waals surface area contributed by atoms with Crippen molar-refractivity contribution in [3.05, 3.63) is 24.3 Å². The summed E-state index contributed by atoms with van der Waals surface area (Å²) >= 11 is 6.30. The Morgan fingerprint density at radius 1 is 1.69 bits per heavy atom. The lowest BCUT2D eigenvalue weighted by molar-refractivity contribution is 1.06. The number of aromatic nitrogens is 2. The lowest BCUT2D eigenvalue weighted by atomic mass is 10.5. The van der Waals surface area contributed by atoms with Crippen molar-refractivity contribution in [3.63, 3.8) is 0 Å². The fourth-order valence-electron chi connectivity index (χ4n) is 0.574. The van der Waals surface area contributed by atoms with Gasteiger partial charge in [0.2, 0.25) is 0 Å². The van der Waals surface area contributed by atoms with Crippen LogP contribution in [0.4, 0.5) is 0 Å². The van der Waals surface area contributed by atoms with Gasteiger partial charge in [-0.25, -0.2) is 0 Å². The zero-order chi connectivity index (χ0) is 9.52. The van der Waals surface area contributed by atoms with E-state index in [9.17, 15) is 0 Å². The van der Waals surface area contributed by atoms with E-state index in [1.54, 1.807) is 24.8 Å². The maximum absolute atomic E-state index is 4.87. The Hall–Kier alpha value is -1.01. The van der Waals surface area contributed by atoms with Gasteiger partial charge in [-0.1, -0.05) is 24.0 Å². The number of thiocarbonyl (C=S) groups is 1. The minimum absolute atomic E-state index is 0.625. The van der Waals surface area contributed by atoms with E-state index in [1.165, 1.54) is 11.8 Å². The number of rotatable bonds is 2. The minimum Gasteiger partial charge on any atom is -0.262 e. The van der Waals surface area contributed by atoms with E-state index in [2.05, 4.69) is 20.5 Å². The number of hydrogen-bond acceptors (Lipinski definition) is 5. The highest BCUT2D eigenvalue weighted by molar-refractivity contribution is 8.22. The molecule has 1 aromatic heterocycles. The summed E-state index contributed by atoms with van der Waals surface area (Å²) in [5.41, 5.74) is 3.37. The fraction of sp³-hybridized carbons (Fsp3) is 0.143. The summed E-state index contributed by atoms with van der Waals surface area (Å²) in [7, 11) is 0. The van der Waals surface area contributed by atoms with Gasteiger partial charge in [-0.05, 0) is 6.26 Å². The van der Waals surface area contributed by atoms with E-state index in [-0.39, 0.29) is 0 Å². The van der Waals surface area contributed by atoms with Crippen LogP contribution in [-0.4, -0.2) is 26.8 Å². The average molecular weight is 212 g/mol. The van der Waals surface area contributed by atoms with Gasteiger partial charge in [0.05, 0.1) is 12.4 Å². The molecule has 0 fully saturated rings. The van der Waals surface area contributed by atoms with Crippen molar-refractivity contribution < 1.29 is 0 Å². The summed E-state index contributed by atoms with van der Waals surface area (Å²) < 4.78 is 0.625. The topological polar surface area (TPSA) is 50.2 Å². The summed E-state index contributed by atoms with van der Waals surface area (Å²) in [6, 6.07) is 0. The Kier molecular flexibility index (Phi) is 4.34. The Labute approximate surface area is 85.9 Å². The van der Waals surface area contributed by atoms with E-state index >= 15 is 0 Å². The molecular formula is C7H8N4S2. The monoisotopic (exact) mass is 212 g/mol. The molecule has 6 heteroatoms. The lowest BCUT2D eigenvalue weighted by Crippen LogP contribution is -2.10. The maximum Gasteiger partial charge on any atom is 0.153 e. The van der Waals surface area contributed by atoms with Crippen molar-refractivity contribution in [1.82, 2.24) is 15.4 Å². The molecule has 0 spiro atoms. The molecule has 1 aromatic rings. The van der Waals surface area contributed by atoms with Gasteiger partial charge in [-0.15, -0.1) is 0 Å². The van der Waals surface area contributed by atoms with E-state index in [4.69, 9.17) is 12.2 Å². The molecule has 0 saturated heterocycles. The van der Waals surface area contributed by atoms with Crippen LogP contribution in [0.1, 0.15) is 5.69 Å². The summed E-state index contributed by atoms with van der Waals surface area (Å²) in [5.74, 6) is 0. The summed E-state index contributed by atoms with van der Waals surface area (Å²) in [6.45, 7) is 0. The van der Waals surface area contributed by atoms with Crippen LogP contribution in [0.15, 0.2) is 23.7 Å². The number of thioether (sulfide) groups is 1. The molecule has 1 heterocycles. The molecule has 0 atom stereocenters. The Bertz CT molecular complexity index is 299. The first-order valence-corrected chi connectivity index (χ1v) is 5.09. The molecule has 0 unspecified atom stereocenters. The fourth-order valence-corrected chi connectivity index (χ4v) is 0.771. The lowest BCUT2D eigenvalue weighted by Gasteiger charge is -1.95. The third kappa shape index (κ3) is 3.95. The summed E-state index contributed by atoms with van der Waals surface area (Å²) in [5, 5.41) is 3.87. The van der Waals surface area contributed by atoms with Gasteiger partial charge in [0, 0.05) is 12.4 Å². The van der Waals surface area contributed by atoms with Crippen LogP contribution in [0.2, 0.25) is 0 Å². The van der Waals surface area contributed by atoms with Crippen LogP contribution in [0.5, 0.6) is 0 Å². The first-order chi connectivity index (χ1) is 6.33. The highest BCUT2D eigenvalue weighted by Gasteiger charge is 1.88. The van der Waals surface area contributed by atoms with Gasteiger partial charge in [0.1, 0.15) is 5.69 Å². The third-order valence-electron chi connectivity index (χ3n) is 1.12. The van der Waals surface area contributed by atoms with Crippen LogP contribution < -0.4 is 5.43 Å². The molecule has 0 bridgehead atoms. The molecule has 1 N–H and O–H groups in total. The van der Waals surface area contributed by atoms with Gasteiger partial charge in [0.25, 0.3) is 0 Å². The first kappa shape index (κ1) is 10.1. The van der Waals surface area contributed by atoms with Crippen LogP contribution >= 0.6 is 24.0 Å². The molecule has 0 amide bonds. The SMILES string of the molecule is CSC(=S)N/N=C/c1cnccn1. The van der Waals surface area contributed by atoms with Crippen molar-refractivity contribution in [2.45, 2.75) is 0 Å². The van der Waals surface area contributed by atoms with Crippen molar-refractivity contribution in [2.24, 2.45) is 5.10 Å². The van der Waals surface area contributed by atoms with Crippen molar-refractivity contribution in [2.75, 3.05) is 6.26 Å². The van der Waals surface area contributed by atoms with Crippen LogP contribution in [0, 0.1) is 0 Å². The van der Waals surface area contributed by atoms with E-state index in [0.29, 0.717) is 10.0 Å². The number of hydrazone groups is 1. The molecule has 4 nitrogen and oxygen atoms in total. The minimum atomic E-state index is 0.625. The molecule has 68 valence electrons. The number of nitrogens with zero attached hydrogens (tertiary/aromatic N) is 3. The predicted molar refractivity (Wildman–Crippen MR) is 58.9 cm³/mol. The second-order valence-corrected chi connectivity index (χ2v) is 3.48. The largest absolute Gasteiger partial charge is 0.262 e. The zero-order valence-corrected chi connectivity index (χ0v) is 8.60. The van der Waals surface area contributed by atoms with Crippen LogP contribution in [0.3, 0.4) is 0 Å². The third-order valence-corrected chi connectivity index (χ3v) is 2.17. The zero-order valence-electron chi connectivity index (χ0n) is 6.97. The Morgan fingerprint density at radius 2 is 2.54 bits per heavy atom. The standard InChI is InChI=1S/C7H8N4S2/c1-13-7(12)11-10-5-6-4-8-2-3-9-6/h2-5H,1H3,(H,11,12)/b10-5+. The van der Waals surface area contributed by atoms with E-state index in [1.807, 2.05) is 6.26 Å². The normalized spacial score (nSPS) is 10.2. The highest BCUT2D eigenvalue weighted by atomic mass is 32.2. The van der Waals surface area contributed by atoms with Crippen molar-refractivity contribution >= 4 is 34.5 Å². The van der Waals surface area contributed by atoms with Gasteiger partial charge in [0.15, 0.2) is 4.32 Å². The molecular weight excluding hydrogens is 204 g/mol. The quantitative estimate of drug-likeness (QED) is 0.451. The molecule has 13 heavy (non-hydrogen) atoms. The highest BCUT2D eigenvalue weighted by Crippen LogP contribution is 1.92. The van der Waals surface area contributed by atoms with E-state index < -0.39 is 0 Å². The molecule has 0 radical (unpaired) electrons. The van der Waals surface area contributed by atoms with Crippen LogP contribution in [-0.2, 0) is 0 Å². The molecule has 0 aromatic carbocycles. The maximum atomic E-state index is 4.87. The molecule has 0 aliphatic carbocycles. The van der Waals surface area contributed by atoms with Crippen LogP contribution in [0.25, 0.3) is 0 Å². The molecule has 0 saturated carbocycles. The molecule has 1 rings (SSSR count). The van der Waals surface area contributed by atoms with E-state index in [0.717, 1.165) is 0 Å². The van der Waals surface area contributed by atoms with Crippen molar-refractivity contribution in [1.29, 1.82) is 0 Å². The second-order valence-electron chi connectivity index (χ2n) is 1.99. The second kappa shape index (κ2) is 5.60. The number of nitrogens with one attached hydrogen (secondary N) is 1. The van der Waals surface area contributed by atoms with Gasteiger partial charge in [-0.2, -0.15) is 5.10 Å². The smallest absolute Gasteiger partial charge is 0.153 e. The Morgan fingerprint density at radius 3 is 3.15 bits per heavy atom. The predicted octanol–water partition coefficient (Wildman–Crippen LogP) is 1.05. The van der Waals surface area contributed by atoms with Gasteiger partial charge >= 0.3 is 0 Å². The first-order valence-electron chi connectivity index (χ1n) is 3.46.